The van der Waals surface area contributed by atoms with Crippen LogP contribution in [0.5, 0.6) is 0 Å². The van der Waals surface area contributed by atoms with E-state index in [0.717, 1.165) is 11.5 Å². The van der Waals surface area contributed by atoms with Crippen molar-refractivity contribution in [2.24, 2.45) is 0 Å². The zero-order valence-electron chi connectivity index (χ0n) is 20.6. The van der Waals surface area contributed by atoms with Gasteiger partial charge in [0.2, 0.25) is 0 Å². The molecule has 6 aliphatic rings. The second kappa shape index (κ2) is 36.5. The molecule has 0 aromatic heterocycles. The molecular formula is C32H32Fe2S2Ti. The van der Waals surface area contributed by atoms with Crippen molar-refractivity contribution in [3.63, 3.8) is 0 Å². The van der Waals surface area contributed by atoms with Gasteiger partial charge >= 0.3 is 21.7 Å². The summed E-state index contributed by atoms with van der Waals surface area (Å²) < 4.78 is 0. The predicted molar refractivity (Wildman–Crippen MR) is 151 cm³/mol. The summed E-state index contributed by atoms with van der Waals surface area (Å²) in [5.41, 5.74) is 0. The largest absolute Gasteiger partial charge is 2.00 e. The minimum absolute atomic E-state index is 0. The molecule has 0 bridgehead atoms. The van der Waals surface area contributed by atoms with Crippen LogP contribution in [0.15, 0.2) is 0 Å². The second-order valence-electron chi connectivity index (χ2n) is 6.72. The van der Waals surface area contributed by atoms with E-state index in [4.69, 9.17) is 25.3 Å². The molecular weight excluding hydrogens is 608 g/mol. The van der Waals surface area contributed by atoms with Crippen LogP contribution in [0.1, 0.15) is 0 Å². The van der Waals surface area contributed by atoms with Gasteiger partial charge in [-0.1, -0.05) is 0 Å². The molecule has 0 aromatic rings. The monoisotopic (exact) mass is 640 g/mol. The summed E-state index contributed by atoms with van der Waals surface area (Å²) in [7, 11) is 0. The van der Waals surface area contributed by atoms with Crippen molar-refractivity contribution in [3.05, 3.63) is 192 Å². The molecule has 192 valence electrons. The first kappa shape index (κ1) is 43.9. The SMILES string of the molecule is [CH]1[CH][CH][CH][CH]1.[CH]1[CH][CH][CH][CH]1.[CH]1[CH][CH][CH][CH]1.[CH]1[CH][CH][CH][CH]1.[Fe].[Fe].[S-]C[C]1[CH][CH][CH][CH]1.[S-]C[C]1[CH][CH][CH][CH]1.[Ti+2]. The summed E-state index contributed by atoms with van der Waals surface area (Å²) in [5.74, 6) is 3.98. The predicted octanol–water partition coefficient (Wildman–Crippen LogP) is 5.96. The average Bonchev–Trinajstić information content (AvgIpc) is 3.79. The summed E-state index contributed by atoms with van der Waals surface area (Å²) in [6, 6.07) is 0. The molecule has 0 amide bonds. The van der Waals surface area contributed by atoms with Gasteiger partial charge in [-0.15, -0.1) is 0 Å². The third-order valence-electron chi connectivity index (χ3n) is 4.02. The zero-order valence-corrected chi connectivity index (χ0v) is 26.0. The third-order valence-corrected chi connectivity index (χ3v) is 4.69. The Morgan fingerprint density at radius 1 is 0.297 bits per heavy atom. The van der Waals surface area contributed by atoms with E-state index >= 15 is 0 Å². The van der Waals surface area contributed by atoms with E-state index in [-0.39, 0.29) is 55.9 Å². The van der Waals surface area contributed by atoms with Crippen LogP contribution in [0, 0.1) is 192 Å². The average molecular weight is 640 g/mol. The fraction of sp³-hybridized carbons (Fsp3) is 0.0625. The van der Waals surface area contributed by atoms with E-state index in [1.807, 2.05) is 180 Å². The molecule has 6 fully saturated rings. The van der Waals surface area contributed by atoms with Gasteiger partial charge in [0.1, 0.15) is 0 Å². The molecule has 0 heterocycles. The Kier molecular flexibility index (Phi) is 43.3. The molecule has 6 rings (SSSR count). The molecule has 0 aromatic carbocycles. The van der Waals surface area contributed by atoms with Crippen LogP contribution in [0.2, 0.25) is 0 Å². The molecule has 6 aliphatic carbocycles. The van der Waals surface area contributed by atoms with Crippen LogP contribution < -0.4 is 0 Å². The fourth-order valence-corrected chi connectivity index (χ4v) is 2.69. The Labute approximate surface area is 282 Å². The summed E-state index contributed by atoms with van der Waals surface area (Å²) in [4.78, 5) is 0. The van der Waals surface area contributed by atoms with Crippen molar-refractivity contribution in [2.45, 2.75) is 0 Å². The minimum atomic E-state index is 0. The van der Waals surface area contributed by atoms with Crippen molar-refractivity contribution in [1.29, 1.82) is 0 Å². The van der Waals surface area contributed by atoms with E-state index < -0.39 is 0 Å². The number of hydrogen-bond acceptors (Lipinski definition) is 2. The van der Waals surface area contributed by atoms with Crippen LogP contribution >= 0.6 is 0 Å². The van der Waals surface area contributed by atoms with Gasteiger partial charge in [0, 0.05) is 34.1 Å². The van der Waals surface area contributed by atoms with E-state index in [1.54, 1.807) is 0 Å². The Bertz CT molecular complexity index is 287. The van der Waals surface area contributed by atoms with Crippen molar-refractivity contribution in [2.75, 3.05) is 11.5 Å². The molecule has 6 saturated carbocycles. The van der Waals surface area contributed by atoms with Crippen molar-refractivity contribution < 1.29 is 55.9 Å². The maximum absolute atomic E-state index is 4.77. The van der Waals surface area contributed by atoms with Crippen LogP contribution in [-0.4, -0.2) is 11.5 Å². The van der Waals surface area contributed by atoms with E-state index in [0.29, 0.717) is 0 Å². The Hall–Kier alpha value is 2.45. The van der Waals surface area contributed by atoms with Crippen LogP contribution in [0.25, 0.3) is 0 Å². The smallest absolute Gasteiger partial charge is 0.792 e. The molecule has 0 aliphatic heterocycles. The summed E-state index contributed by atoms with van der Waals surface area (Å²) in [5, 5.41) is 0. The van der Waals surface area contributed by atoms with Crippen LogP contribution in [0.3, 0.4) is 0 Å². The molecule has 0 atom stereocenters. The minimum Gasteiger partial charge on any atom is -0.792 e. The Balaban J connectivity index is -0.000000371. The topological polar surface area (TPSA) is 0 Å². The molecule has 37 heavy (non-hydrogen) atoms. The van der Waals surface area contributed by atoms with Crippen molar-refractivity contribution in [1.82, 2.24) is 0 Å². The van der Waals surface area contributed by atoms with Gasteiger partial charge in [-0.05, 0) is 192 Å². The Morgan fingerprint density at radius 3 is 0.514 bits per heavy atom. The maximum atomic E-state index is 4.77. The van der Waals surface area contributed by atoms with Gasteiger partial charge in [-0.25, -0.2) is 0 Å². The van der Waals surface area contributed by atoms with E-state index in [9.17, 15) is 0 Å². The van der Waals surface area contributed by atoms with Crippen molar-refractivity contribution in [3.8, 4) is 0 Å². The van der Waals surface area contributed by atoms with Gasteiger partial charge in [0.05, 0.1) is 0 Å². The molecule has 0 N–H and O–H groups in total. The summed E-state index contributed by atoms with van der Waals surface area (Å²) in [6.45, 7) is 0. The van der Waals surface area contributed by atoms with Gasteiger partial charge in [0.25, 0.3) is 0 Å². The first-order chi connectivity index (χ1) is 16.9. The number of hydrogen-bond donors (Lipinski definition) is 0. The quantitative estimate of drug-likeness (QED) is 0.270. The molecule has 0 unspecified atom stereocenters. The first-order valence-corrected chi connectivity index (χ1v) is 12.3. The molecule has 0 nitrogen and oxygen atoms in total. The normalized spacial score (nSPS) is 21.9. The van der Waals surface area contributed by atoms with Gasteiger partial charge < -0.3 is 25.3 Å². The molecule has 0 saturated heterocycles. The number of rotatable bonds is 2. The van der Waals surface area contributed by atoms with E-state index in [2.05, 4.69) is 0 Å². The molecule has 0 spiro atoms. The van der Waals surface area contributed by atoms with Gasteiger partial charge in [-0.3, -0.25) is 0 Å². The summed E-state index contributed by atoms with van der Waals surface area (Å²) >= 11 is 9.54. The maximum Gasteiger partial charge on any atom is 2.00 e. The zero-order chi connectivity index (χ0) is 24.4. The molecule has 5 heteroatoms. The summed E-state index contributed by atoms with van der Waals surface area (Å²) in [6.07, 6.45) is 56.1. The van der Waals surface area contributed by atoms with Crippen LogP contribution in [0.4, 0.5) is 0 Å². The molecule has 30 radical (unpaired) electrons. The second-order valence-corrected chi connectivity index (χ2v) is 7.30. The van der Waals surface area contributed by atoms with E-state index in [1.165, 1.54) is 11.8 Å². The van der Waals surface area contributed by atoms with Crippen molar-refractivity contribution >= 4 is 25.3 Å². The van der Waals surface area contributed by atoms with Crippen LogP contribution in [-0.2, 0) is 81.1 Å². The fourth-order valence-electron chi connectivity index (χ4n) is 2.30. The van der Waals surface area contributed by atoms with Gasteiger partial charge in [0.15, 0.2) is 0 Å². The standard InChI is InChI=1S/2C6H7S.4C5H5.2Fe.Ti/c2*7-5-6-3-1-2-4-6;4*1-2-4-5-3-1;;;/h2*1-4,7H,5H2;4*1-5H;;;/q;;;;;;;;+2/p-2. The first-order valence-electron chi connectivity index (χ1n) is 11.1. The third kappa shape index (κ3) is 31.2. The van der Waals surface area contributed by atoms with Gasteiger partial charge in [-0.2, -0.15) is 11.5 Å². The Morgan fingerprint density at radius 2 is 0.432 bits per heavy atom.